The zero-order valence-corrected chi connectivity index (χ0v) is 11.1. The molecule has 1 aliphatic rings. The molecule has 3 rings (SSSR count). The molecule has 1 aromatic carbocycles. The SMILES string of the molecule is O=[N+]([O-])c1cn(CCCOc2ccc3c(c2)OCO3)cn1. The molecule has 110 valence electrons. The van der Waals surface area contributed by atoms with Crippen molar-refractivity contribution in [2.45, 2.75) is 13.0 Å². The van der Waals surface area contributed by atoms with Crippen LogP contribution in [0.4, 0.5) is 5.82 Å². The van der Waals surface area contributed by atoms with E-state index in [-0.39, 0.29) is 12.6 Å². The predicted octanol–water partition coefficient (Wildman–Crippen LogP) is 1.99. The largest absolute Gasteiger partial charge is 0.493 e. The van der Waals surface area contributed by atoms with Crippen molar-refractivity contribution >= 4 is 5.82 Å². The third-order valence-electron chi connectivity index (χ3n) is 2.98. The predicted molar refractivity (Wildman–Crippen MR) is 71.6 cm³/mol. The Hall–Kier alpha value is -2.77. The van der Waals surface area contributed by atoms with Crippen LogP contribution in [0.25, 0.3) is 0 Å². The normalized spacial score (nSPS) is 12.4. The first-order chi connectivity index (χ1) is 10.2. The summed E-state index contributed by atoms with van der Waals surface area (Å²) in [4.78, 5) is 13.7. The maximum Gasteiger partial charge on any atom is 0.381 e. The van der Waals surface area contributed by atoms with E-state index in [1.807, 2.05) is 6.07 Å². The van der Waals surface area contributed by atoms with Crippen molar-refractivity contribution in [1.29, 1.82) is 0 Å². The number of rotatable bonds is 6. The summed E-state index contributed by atoms with van der Waals surface area (Å²) < 4.78 is 17.7. The molecule has 0 aliphatic carbocycles. The Kier molecular flexibility index (Phi) is 3.59. The van der Waals surface area contributed by atoms with E-state index in [9.17, 15) is 10.1 Å². The molecule has 8 nitrogen and oxygen atoms in total. The molecule has 0 amide bonds. The summed E-state index contributed by atoms with van der Waals surface area (Å²) in [5.41, 5.74) is 0. The summed E-state index contributed by atoms with van der Waals surface area (Å²) in [6.07, 6.45) is 3.56. The van der Waals surface area contributed by atoms with Crippen LogP contribution in [0, 0.1) is 10.1 Å². The number of ether oxygens (including phenoxy) is 3. The minimum absolute atomic E-state index is 0.147. The van der Waals surface area contributed by atoms with Gasteiger partial charge in [0.05, 0.1) is 6.61 Å². The molecular weight excluding hydrogens is 278 g/mol. The lowest BCUT2D eigenvalue weighted by Crippen LogP contribution is -2.03. The summed E-state index contributed by atoms with van der Waals surface area (Å²) in [6, 6.07) is 5.40. The summed E-state index contributed by atoms with van der Waals surface area (Å²) in [5.74, 6) is 1.95. The minimum atomic E-state index is -0.514. The van der Waals surface area contributed by atoms with Gasteiger partial charge in [0.2, 0.25) is 13.1 Å². The van der Waals surface area contributed by atoms with Crippen molar-refractivity contribution in [2.24, 2.45) is 0 Å². The number of hydrogen-bond acceptors (Lipinski definition) is 6. The van der Waals surface area contributed by atoms with Crippen LogP contribution in [0.15, 0.2) is 30.7 Å². The van der Waals surface area contributed by atoms with Crippen molar-refractivity contribution in [3.8, 4) is 17.2 Å². The highest BCUT2D eigenvalue weighted by molar-refractivity contribution is 5.46. The van der Waals surface area contributed by atoms with Crippen molar-refractivity contribution in [3.63, 3.8) is 0 Å². The highest BCUT2D eigenvalue weighted by Crippen LogP contribution is 2.35. The quantitative estimate of drug-likeness (QED) is 0.459. The highest BCUT2D eigenvalue weighted by atomic mass is 16.7. The Morgan fingerprint density at radius 1 is 1.38 bits per heavy atom. The Morgan fingerprint density at radius 3 is 3.05 bits per heavy atom. The van der Waals surface area contributed by atoms with Gasteiger partial charge in [-0.05, 0) is 28.5 Å². The zero-order valence-electron chi connectivity index (χ0n) is 11.1. The number of fused-ring (bicyclic) bond motifs is 1. The van der Waals surface area contributed by atoms with Crippen molar-refractivity contribution in [3.05, 3.63) is 40.8 Å². The second-order valence-electron chi connectivity index (χ2n) is 4.44. The van der Waals surface area contributed by atoms with E-state index in [4.69, 9.17) is 14.2 Å². The van der Waals surface area contributed by atoms with Gasteiger partial charge in [0.25, 0.3) is 0 Å². The lowest BCUT2D eigenvalue weighted by atomic mass is 10.3. The molecule has 1 aliphatic heterocycles. The Bertz CT molecular complexity index is 655. The van der Waals surface area contributed by atoms with E-state index in [0.717, 1.165) is 0 Å². The van der Waals surface area contributed by atoms with E-state index in [0.29, 0.717) is 36.8 Å². The van der Waals surface area contributed by atoms with Gasteiger partial charge in [-0.15, -0.1) is 0 Å². The average molecular weight is 291 g/mol. The Labute approximate surface area is 120 Å². The van der Waals surface area contributed by atoms with Crippen LogP contribution in [0.5, 0.6) is 17.2 Å². The van der Waals surface area contributed by atoms with Crippen LogP contribution >= 0.6 is 0 Å². The van der Waals surface area contributed by atoms with E-state index in [1.165, 1.54) is 12.5 Å². The van der Waals surface area contributed by atoms with Crippen LogP contribution in [0.2, 0.25) is 0 Å². The molecule has 2 aromatic rings. The molecular formula is C13H13N3O5. The smallest absolute Gasteiger partial charge is 0.381 e. The molecule has 0 fully saturated rings. The third kappa shape index (κ3) is 3.04. The average Bonchev–Trinajstić information content (AvgIpc) is 3.12. The first-order valence-corrected chi connectivity index (χ1v) is 6.41. The first kappa shape index (κ1) is 13.2. The second kappa shape index (κ2) is 5.70. The van der Waals surface area contributed by atoms with Crippen LogP contribution in [0.1, 0.15) is 6.42 Å². The van der Waals surface area contributed by atoms with Gasteiger partial charge in [0.15, 0.2) is 11.5 Å². The highest BCUT2D eigenvalue weighted by Gasteiger charge is 2.13. The molecule has 0 saturated heterocycles. The summed E-state index contributed by atoms with van der Waals surface area (Å²) in [7, 11) is 0. The molecule has 1 aromatic heterocycles. The molecule has 0 bridgehead atoms. The molecule has 0 saturated carbocycles. The number of hydrogen-bond donors (Lipinski definition) is 0. The zero-order chi connectivity index (χ0) is 14.7. The van der Waals surface area contributed by atoms with Crippen molar-refractivity contribution in [1.82, 2.24) is 9.55 Å². The fourth-order valence-corrected chi connectivity index (χ4v) is 1.97. The number of imidazole rings is 1. The number of aromatic nitrogens is 2. The fourth-order valence-electron chi connectivity index (χ4n) is 1.97. The molecule has 0 spiro atoms. The maximum atomic E-state index is 10.5. The Balaban J connectivity index is 1.46. The van der Waals surface area contributed by atoms with Gasteiger partial charge >= 0.3 is 5.82 Å². The lowest BCUT2D eigenvalue weighted by molar-refractivity contribution is -0.389. The standard InChI is InChI=1S/C13H13N3O5/c17-16(18)13-7-15(8-14-13)4-1-5-19-10-2-3-11-12(6-10)21-9-20-11/h2-3,6-8H,1,4-5,9H2. The molecule has 21 heavy (non-hydrogen) atoms. The minimum Gasteiger partial charge on any atom is -0.493 e. The first-order valence-electron chi connectivity index (χ1n) is 6.41. The molecule has 2 heterocycles. The van der Waals surface area contributed by atoms with Gasteiger partial charge in [0.1, 0.15) is 11.9 Å². The molecule has 0 atom stereocenters. The topological polar surface area (TPSA) is 88.7 Å². The monoisotopic (exact) mass is 291 g/mol. The van der Waals surface area contributed by atoms with Crippen molar-refractivity contribution in [2.75, 3.05) is 13.4 Å². The maximum absolute atomic E-state index is 10.5. The van der Waals surface area contributed by atoms with E-state index >= 15 is 0 Å². The number of nitro groups is 1. The van der Waals surface area contributed by atoms with Gasteiger partial charge < -0.3 is 28.9 Å². The van der Waals surface area contributed by atoms with Crippen molar-refractivity contribution < 1.29 is 19.1 Å². The van der Waals surface area contributed by atoms with Crippen LogP contribution in [-0.4, -0.2) is 27.9 Å². The van der Waals surface area contributed by atoms with Gasteiger partial charge in [-0.2, -0.15) is 0 Å². The van der Waals surface area contributed by atoms with Gasteiger partial charge in [-0.3, -0.25) is 0 Å². The van der Waals surface area contributed by atoms with Gasteiger partial charge in [0, 0.05) is 12.6 Å². The molecule has 0 radical (unpaired) electrons. The van der Waals surface area contributed by atoms with Crippen LogP contribution < -0.4 is 14.2 Å². The molecule has 0 N–H and O–H groups in total. The molecule has 8 heteroatoms. The number of nitrogens with zero attached hydrogens (tertiary/aromatic N) is 3. The fraction of sp³-hybridized carbons (Fsp3) is 0.308. The summed E-state index contributed by atoms with van der Waals surface area (Å²) in [5, 5.41) is 10.5. The second-order valence-corrected chi connectivity index (χ2v) is 4.44. The van der Waals surface area contributed by atoms with Crippen LogP contribution in [0.3, 0.4) is 0 Å². The van der Waals surface area contributed by atoms with Gasteiger partial charge in [-0.1, -0.05) is 0 Å². The lowest BCUT2D eigenvalue weighted by Gasteiger charge is -2.06. The van der Waals surface area contributed by atoms with E-state index in [1.54, 1.807) is 16.7 Å². The van der Waals surface area contributed by atoms with Gasteiger partial charge in [-0.25, -0.2) is 0 Å². The summed E-state index contributed by atoms with van der Waals surface area (Å²) >= 11 is 0. The summed E-state index contributed by atoms with van der Waals surface area (Å²) in [6.45, 7) is 1.33. The molecule has 0 unspecified atom stereocenters. The third-order valence-corrected chi connectivity index (χ3v) is 2.98. The number of benzene rings is 1. The van der Waals surface area contributed by atoms with E-state index < -0.39 is 4.92 Å². The Morgan fingerprint density at radius 2 is 2.24 bits per heavy atom. The van der Waals surface area contributed by atoms with Crippen LogP contribution in [-0.2, 0) is 6.54 Å². The van der Waals surface area contributed by atoms with E-state index in [2.05, 4.69) is 4.98 Å². The number of aryl methyl sites for hydroxylation is 1.